The third-order valence-electron chi connectivity index (χ3n) is 4.43. The van der Waals surface area contributed by atoms with E-state index in [1.807, 2.05) is 43.3 Å². The van der Waals surface area contributed by atoms with Crippen molar-refractivity contribution in [3.63, 3.8) is 0 Å². The number of hydrogen-bond acceptors (Lipinski definition) is 4. The van der Waals surface area contributed by atoms with E-state index in [0.29, 0.717) is 5.56 Å². The van der Waals surface area contributed by atoms with Crippen LogP contribution in [0.5, 0.6) is 0 Å². The number of nitrogens with one attached hydrogen (secondary N) is 1. The van der Waals surface area contributed by atoms with Crippen molar-refractivity contribution in [3.05, 3.63) is 53.7 Å². The average molecular weight is 324 g/mol. The van der Waals surface area contributed by atoms with Crippen LogP contribution in [0.15, 0.2) is 42.6 Å². The highest BCUT2D eigenvalue weighted by Crippen LogP contribution is 2.17. The van der Waals surface area contributed by atoms with Gasteiger partial charge in [0, 0.05) is 31.7 Å². The lowest BCUT2D eigenvalue weighted by Crippen LogP contribution is -2.46. The van der Waals surface area contributed by atoms with Crippen LogP contribution < -0.4 is 10.2 Å². The standard InChI is InChI=1S/C19H24N4O/c1-3-22-9-11-23(12-10-22)18-8-7-17(14-20-18)21-19(24)16-6-4-5-15(2)13-16/h4-8,13-14H,3,9-12H2,1-2H3,(H,21,24). The monoisotopic (exact) mass is 324 g/mol. The average Bonchev–Trinajstić information content (AvgIpc) is 2.62. The number of carbonyl (C=O) groups excluding carboxylic acids is 1. The lowest BCUT2D eigenvalue weighted by atomic mass is 10.1. The second kappa shape index (κ2) is 7.45. The number of anilines is 2. The summed E-state index contributed by atoms with van der Waals surface area (Å²) in [5, 5.41) is 2.90. The maximum Gasteiger partial charge on any atom is 0.255 e. The minimum absolute atomic E-state index is 0.107. The SMILES string of the molecule is CCN1CCN(c2ccc(NC(=O)c3cccc(C)c3)cn2)CC1. The van der Waals surface area contributed by atoms with Gasteiger partial charge in [0.05, 0.1) is 11.9 Å². The Kier molecular flexibility index (Phi) is 5.11. The summed E-state index contributed by atoms with van der Waals surface area (Å²) in [6, 6.07) is 11.5. The molecule has 1 aromatic heterocycles. The third kappa shape index (κ3) is 3.92. The first-order chi connectivity index (χ1) is 11.7. The number of hydrogen-bond donors (Lipinski definition) is 1. The Bertz CT molecular complexity index is 691. The quantitative estimate of drug-likeness (QED) is 0.939. The molecule has 0 atom stereocenters. The van der Waals surface area contributed by atoms with E-state index in [1.165, 1.54) is 0 Å². The van der Waals surface area contributed by atoms with Gasteiger partial charge in [0.25, 0.3) is 5.91 Å². The van der Waals surface area contributed by atoms with Gasteiger partial charge in [-0.25, -0.2) is 4.98 Å². The second-order valence-electron chi connectivity index (χ2n) is 6.15. The van der Waals surface area contributed by atoms with Crippen LogP contribution in [0.1, 0.15) is 22.8 Å². The van der Waals surface area contributed by atoms with Gasteiger partial charge >= 0.3 is 0 Å². The largest absolute Gasteiger partial charge is 0.354 e. The van der Waals surface area contributed by atoms with E-state index in [2.05, 4.69) is 27.0 Å². The van der Waals surface area contributed by atoms with Crippen LogP contribution in [0.2, 0.25) is 0 Å². The Morgan fingerprint density at radius 1 is 1.17 bits per heavy atom. The molecule has 2 heterocycles. The lowest BCUT2D eigenvalue weighted by Gasteiger charge is -2.34. The van der Waals surface area contributed by atoms with Crippen molar-refractivity contribution in [2.45, 2.75) is 13.8 Å². The predicted molar refractivity (Wildman–Crippen MR) is 97.7 cm³/mol. The van der Waals surface area contributed by atoms with Crippen molar-refractivity contribution >= 4 is 17.4 Å². The van der Waals surface area contributed by atoms with Crippen molar-refractivity contribution in [1.82, 2.24) is 9.88 Å². The van der Waals surface area contributed by atoms with Crippen LogP contribution in [-0.4, -0.2) is 48.5 Å². The Hall–Kier alpha value is -2.40. The molecule has 5 nitrogen and oxygen atoms in total. The molecular weight excluding hydrogens is 300 g/mol. The normalized spacial score (nSPS) is 15.3. The van der Waals surface area contributed by atoms with E-state index in [9.17, 15) is 4.79 Å². The van der Waals surface area contributed by atoms with E-state index in [4.69, 9.17) is 0 Å². The molecule has 1 fully saturated rings. The van der Waals surface area contributed by atoms with Crippen molar-refractivity contribution in [2.24, 2.45) is 0 Å². The van der Waals surface area contributed by atoms with Gasteiger partial charge in [-0.15, -0.1) is 0 Å². The topological polar surface area (TPSA) is 48.5 Å². The summed E-state index contributed by atoms with van der Waals surface area (Å²) in [6.45, 7) is 9.41. The fourth-order valence-electron chi connectivity index (χ4n) is 2.93. The van der Waals surface area contributed by atoms with Gasteiger partial charge in [0.15, 0.2) is 0 Å². The van der Waals surface area contributed by atoms with Gasteiger partial charge in [0.2, 0.25) is 0 Å². The minimum atomic E-state index is -0.107. The molecule has 1 N–H and O–H groups in total. The van der Waals surface area contributed by atoms with Crippen LogP contribution in [0.4, 0.5) is 11.5 Å². The van der Waals surface area contributed by atoms with Gasteiger partial charge in [-0.05, 0) is 37.7 Å². The summed E-state index contributed by atoms with van der Waals surface area (Å²) >= 11 is 0. The highest BCUT2D eigenvalue weighted by Gasteiger charge is 2.16. The molecule has 0 saturated carbocycles. The Labute approximate surface area is 143 Å². The summed E-state index contributed by atoms with van der Waals surface area (Å²) in [5.74, 6) is 0.865. The molecule has 0 radical (unpaired) electrons. The number of rotatable bonds is 4. The zero-order valence-corrected chi connectivity index (χ0v) is 14.3. The second-order valence-corrected chi connectivity index (χ2v) is 6.15. The fraction of sp³-hybridized carbons (Fsp3) is 0.368. The van der Waals surface area contributed by atoms with Crippen LogP contribution in [0.25, 0.3) is 0 Å². The number of nitrogens with zero attached hydrogens (tertiary/aromatic N) is 3. The Balaban J connectivity index is 1.61. The molecule has 1 aliphatic rings. The Morgan fingerprint density at radius 3 is 2.58 bits per heavy atom. The highest BCUT2D eigenvalue weighted by atomic mass is 16.1. The molecule has 1 aliphatic heterocycles. The third-order valence-corrected chi connectivity index (χ3v) is 4.43. The van der Waals surface area contributed by atoms with E-state index < -0.39 is 0 Å². The van der Waals surface area contributed by atoms with Gasteiger partial charge in [0.1, 0.15) is 5.82 Å². The molecule has 3 rings (SSSR count). The first kappa shape index (κ1) is 16.5. The predicted octanol–water partition coefficient (Wildman–Crippen LogP) is 2.78. The van der Waals surface area contributed by atoms with E-state index in [0.717, 1.165) is 49.8 Å². The number of piperazine rings is 1. The number of pyridine rings is 1. The molecule has 1 saturated heterocycles. The van der Waals surface area contributed by atoms with Crippen LogP contribution >= 0.6 is 0 Å². The van der Waals surface area contributed by atoms with E-state index in [-0.39, 0.29) is 5.91 Å². The zero-order valence-electron chi connectivity index (χ0n) is 14.3. The molecule has 0 spiro atoms. The number of benzene rings is 1. The number of carbonyl (C=O) groups is 1. The fourth-order valence-corrected chi connectivity index (χ4v) is 2.93. The molecule has 1 amide bonds. The molecule has 24 heavy (non-hydrogen) atoms. The molecule has 126 valence electrons. The smallest absolute Gasteiger partial charge is 0.255 e. The summed E-state index contributed by atoms with van der Waals surface area (Å²) < 4.78 is 0. The van der Waals surface area contributed by atoms with Crippen molar-refractivity contribution in [2.75, 3.05) is 42.9 Å². The number of aromatic nitrogens is 1. The molecule has 1 aromatic carbocycles. The first-order valence-electron chi connectivity index (χ1n) is 8.47. The Morgan fingerprint density at radius 2 is 1.96 bits per heavy atom. The summed E-state index contributed by atoms with van der Waals surface area (Å²) in [4.78, 5) is 21.5. The first-order valence-corrected chi connectivity index (χ1v) is 8.47. The lowest BCUT2D eigenvalue weighted by molar-refractivity contribution is 0.102. The van der Waals surface area contributed by atoms with Crippen LogP contribution in [0.3, 0.4) is 0 Å². The molecular formula is C19H24N4O. The van der Waals surface area contributed by atoms with Crippen LogP contribution in [-0.2, 0) is 0 Å². The van der Waals surface area contributed by atoms with Crippen molar-refractivity contribution < 1.29 is 4.79 Å². The van der Waals surface area contributed by atoms with Crippen molar-refractivity contribution in [1.29, 1.82) is 0 Å². The summed E-state index contributed by atoms with van der Waals surface area (Å²) in [7, 11) is 0. The zero-order chi connectivity index (χ0) is 16.9. The maximum absolute atomic E-state index is 12.3. The molecule has 5 heteroatoms. The van der Waals surface area contributed by atoms with Gasteiger partial charge < -0.3 is 15.1 Å². The number of aryl methyl sites for hydroxylation is 1. The van der Waals surface area contributed by atoms with Gasteiger partial charge in [-0.2, -0.15) is 0 Å². The minimum Gasteiger partial charge on any atom is -0.354 e. The van der Waals surface area contributed by atoms with E-state index >= 15 is 0 Å². The highest BCUT2D eigenvalue weighted by molar-refractivity contribution is 6.04. The van der Waals surface area contributed by atoms with Crippen LogP contribution in [0, 0.1) is 6.92 Å². The molecule has 0 unspecified atom stereocenters. The van der Waals surface area contributed by atoms with E-state index in [1.54, 1.807) is 6.20 Å². The van der Waals surface area contributed by atoms with Gasteiger partial charge in [-0.3, -0.25) is 4.79 Å². The number of likely N-dealkylation sites (N-methyl/N-ethyl adjacent to an activating group) is 1. The molecule has 2 aromatic rings. The summed E-state index contributed by atoms with van der Waals surface area (Å²) in [5.41, 5.74) is 2.45. The maximum atomic E-state index is 12.3. The van der Waals surface area contributed by atoms with Crippen molar-refractivity contribution in [3.8, 4) is 0 Å². The molecule has 0 aliphatic carbocycles. The number of amides is 1. The van der Waals surface area contributed by atoms with Gasteiger partial charge in [-0.1, -0.05) is 24.6 Å². The summed E-state index contributed by atoms with van der Waals surface area (Å²) in [6.07, 6.45) is 1.73. The molecule has 0 bridgehead atoms.